The molecule has 0 aliphatic carbocycles. The Hall–Kier alpha value is -5.33. The summed E-state index contributed by atoms with van der Waals surface area (Å²) in [6.45, 7) is 10.2. The maximum atomic E-state index is 13.4. The molecule has 3 amide bonds. The molecular formula is C32H39N7O6. The van der Waals surface area contributed by atoms with Gasteiger partial charge in [0.25, 0.3) is 5.91 Å². The second kappa shape index (κ2) is 14.0. The first-order valence-electron chi connectivity index (χ1n) is 14.4. The Morgan fingerprint density at radius 2 is 1.80 bits per heavy atom. The summed E-state index contributed by atoms with van der Waals surface area (Å²) in [6.07, 6.45) is 2.92. The van der Waals surface area contributed by atoms with E-state index in [-0.39, 0.29) is 31.3 Å². The molecule has 0 atom stereocenters. The number of amides is 3. The van der Waals surface area contributed by atoms with Crippen LogP contribution in [0.1, 0.15) is 59.8 Å². The summed E-state index contributed by atoms with van der Waals surface area (Å²) >= 11 is 0. The number of rotatable bonds is 12. The van der Waals surface area contributed by atoms with Gasteiger partial charge in [0.1, 0.15) is 35.9 Å². The molecule has 2 heterocycles. The Bertz CT molecular complexity index is 1710. The Kier molecular flexibility index (Phi) is 10.1. The van der Waals surface area contributed by atoms with E-state index in [4.69, 9.17) is 19.9 Å². The molecule has 13 nitrogen and oxygen atoms in total. The zero-order valence-corrected chi connectivity index (χ0v) is 26.3. The van der Waals surface area contributed by atoms with Crippen molar-refractivity contribution in [2.75, 3.05) is 19.0 Å². The van der Waals surface area contributed by atoms with Crippen LogP contribution in [0.5, 0.6) is 11.5 Å². The number of allylic oxidation sites excluding steroid dienone is 1. The number of imidazole rings is 1. The molecule has 0 bridgehead atoms. The highest BCUT2D eigenvalue weighted by molar-refractivity contribution is 6.04. The molecule has 0 saturated heterocycles. The number of carbonyl (C=O) groups excluding carboxylic acids is 3. The summed E-state index contributed by atoms with van der Waals surface area (Å²) in [4.78, 5) is 42.3. The lowest BCUT2D eigenvalue weighted by molar-refractivity contribution is 0.0995. The molecule has 13 heteroatoms. The van der Waals surface area contributed by atoms with Crippen molar-refractivity contribution < 1.29 is 28.6 Å². The number of aryl methyl sites for hydroxylation is 2. The summed E-state index contributed by atoms with van der Waals surface area (Å²) in [5, 5.41) is 9.99. The standard InChI is InChI=1S/C32H39N7O6/c1-7-39-25(16-20(2)37-39)29(41)35-30-34-24-17-22(28(33)40)18-26(45-19-21-10-12-23(43-6)13-11-21)27(24)38(30)14-8-9-15-44-31(42)36-32(3,4)5/h8-13,16-18H,7,14-15,19H2,1-6H3,(H2,33,40)(H,36,42)(H,34,35,41)/b9-8+. The predicted octanol–water partition coefficient (Wildman–Crippen LogP) is 4.58. The highest BCUT2D eigenvalue weighted by Gasteiger charge is 2.22. The minimum atomic E-state index is -0.653. The molecule has 2 aromatic carbocycles. The summed E-state index contributed by atoms with van der Waals surface area (Å²) in [6, 6.07) is 12.2. The third-order valence-corrected chi connectivity index (χ3v) is 6.55. The largest absolute Gasteiger partial charge is 0.497 e. The van der Waals surface area contributed by atoms with Crippen molar-refractivity contribution in [1.82, 2.24) is 24.6 Å². The topological polar surface area (TPSA) is 165 Å². The van der Waals surface area contributed by atoms with Gasteiger partial charge in [-0.3, -0.25) is 19.6 Å². The van der Waals surface area contributed by atoms with Crippen LogP contribution in [0.4, 0.5) is 10.7 Å². The number of carbonyl (C=O) groups is 3. The SMILES string of the molecule is CCn1nc(C)cc1C(=O)Nc1nc2cc(C(N)=O)cc(OCc3ccc(OC)cc3)c2n1C/C=C/COC(=O)NC(C)(C)C. The number of methoxy groups -OCH3 is 1. The summed E-state index contributed by atoms with van der Waals surface area (Å²) < 4.78 is 20.1. The number of hydrogen-bond donors (Lipinski definition) is 3. The van der Waals surface area contributed by atoms with Gasteiger partial charge >= 0.3 is 6.09 Å². The first-order chi connectivity index (χ1) is 21.4. The van der Waals surface area contributed by atoms with Crippen LogP contribution in [0.3, 0.4) is 0 Å². The second-order valence-electron chi connectivity index (χ2n) is 11.3. The Morgan fingerprint density at radius 1 is 1.07 bits per heavy atom. The molecule has 238 valence electrons. The monoisotopic (exact) mass is 617 g/mol. The third-order valence-electron chi connectivity index (χ3n) is 6.55. The zero-order chi connectivity index (χ0) is 32.7. The van der Waals surface area contributed by atoms with Crippen LogP contribution < -0.4 is 25.8 Å². The summed E-state index contributed by atoms with van der Waals surface area (Å²) in [5.41, 5.74) is 8.27. The van der Waals surface area contributed by atoms with Crippen LogP contribution in [-0.4, -0.2) is 56.5 Å². The molecule has 0 spiro atoms. The molecule has 0 fully saturated rings. The number of alkyl carbamates (subject to hydrolysis) is 1. The van der Waals surface area contributed by atoms with E-state index in [1.165, 1.54) is 0 Å². The zero-order valence-electron chi connectivity index (χ0n) is 26.3. The van der Waals surface area contributed by atoms with Gasteiger partial charge < -0.3 is 29.8 Å². The molecule has 2 aromatic heterocycles. The average Bonchev–Trinajstić information content (AvgIpc) is 3.54. The Labute approximate surface area is 261 Å². The van der Waals surface area contributed by atoms with Crippen LogP contribution in [0.2, 0.25) is 0 Å². The maximum absolute atomic E-state index is 13.4. The fourth-order valence-electron chi connectivity index (χ4n) is 4.49. The van der Waals surface area contributed by atoms with Crippen molar-refractivity contribution in [3.63, 3.8) is 0 Å². The lowest BCUT2D eigenvalue weighted by atomic mass is 10.1. The molecule has 0 unspecified atom stereocenters. The first-order valence-corrected chi connectivity index (χ1v) is 14.4. The number of primary amides is 1. The maximum Gasteiger partial charge on any atom is 0.407 e. The van der Waals surface area contributed by atoms with E-state index in [1.54, 1.807) is 46.7 Å². The lowest BCUT2D eigenvalue weighted by Crippen LogP contribution is -2.40. The number of benzene rings is 2. The highest BCUT2D eigenvalue weighted by atomic mass is 16.5. The van der Waals surface area contributed by atoms with E-state index in [9.17, 15) is 14.4 Å². The lowest BCUT2D eigenvalue weighted by Gasteiger charge is -2.19. The van der Waals surface area contributed by atoms with Gasteiger partial charge in [0.15, 0.2) is 0 Å². The molecular weight excluding hydrogens is 578 g/mol. The van der Waals surface area contributed by atoms with Crippen LogP contribution in [0.15, 0.2) is 54.6 Å². The van der Waals surface area contributed by atoms with Crippen molar-refractivity contribution >= 4 is 34.9 Å². The van der Waals surface area contributed by atoms with Crippen LogP contribution in [-0.2, 0) is 24.4 Å². The van der Waals surface area contributed by atoms with Gasteiger partial charge in [-0.15, -0.1) is 0 Å². The quantitative estimate of drug-likeness (QED) is 0.194. The minimum absolute atomic E-state index is 0.0256. The minimum Gasteiger partial charge on any atom is -0.497 e. The molecule has 0 saturated carbocycles. The summed E-state index contributed by atoms with van der Waals surface area (Å²) in [7, 11) is 1.59. The van der Waals surface area contributed by atoms with E-state index >= 15 is 0 Å². The average molecular weight is 618 g/mol. The summed E-state index contributed by atoms with van der Waals surface area (Å²) in [5.74, 6) is 0.203. The molecule has 4 rings (SSSR count). The number of nitrogens with two attached hydrogens (primary N) is 1. The van der Waals surface area contributed by atoms with Crippen molar-refractivity contribution in [2.24, 2.45) is 5.73 Å². The van der Waals surface area contributed by atoms with Gasteiger partial charge in [0.2, 0.25) is 11.9 Å². The van der Waals surface area contributed by atoms with Crippen LogP contribution >= 0.6 is 0 Å². The molecule has 0 radical (unpaired) electrons. The van der Waals surface area contributed by atoms with E-state index in [0.717, 1.165) is 5.56 Å². The molecule has 0 aliphatic rings. The third kappa shape index (κ3) is 8.40. The number of hydrogen-bond acceptors (Lipinski definition) is 8. The van der Waals surface area contributed by atoms with Gasteiger partial charge in [-0.05, 0) is 76.6 Å². The highest BCUT2D eigenvalue weighted by Crippen LogP contribution is 2.32. The van der Waals surface area contributed by atoms with Gasteiger partial charge in [-0.2, -0.15) is 5.10 Å². The number of aromatic nitrogens is 4. The van der Waals surface area contributed by atoms with Crippen molar-refractivity contribution in [1.29, 1.82) is 0 Å². The van der Waals surface area contributed by atoms with E-state index in [0.29, 0.717) is 40.5 Å². The Balaban J connectivity index is 1.70. The fourth-order valence-corrected chi connectivity index (χ4v) is 4.49. The Morgan fingerprint density at radius 3 is 2.44 bits per heavy atom. The molecule has 0 aliphatic heterocycles. The molecule has 45 heavy (non-hydrogen) atoms. The molecule has 4 N–H and O–H groups in total. The van der Waals surface area contributed by atoms with Gasteiger partial charge in [-0.1, -0.05) is 18.2 Å². The van der Waals surface area contributed by atoms with Gasteiger partial charge in [0.05, 0.1) is 18.3 Å². The number of nitrogens with zero attached hydrogens (tertiary/aromatic N) is 4. The number of nitrogens with one attached hydrogen (secondary N) is 2. The first kappa shape index (κ1) is 32.6. The number of ether oxygens (including phenoxy) is 3. The van der Waals surface area contributed by atoms with Crippen molar-refractivity contribution in [3.05, 3.63) is 77.1 Å². The predicted molar refractivity (Wildman–Crippen MR) is 170 cm³/mol. The molecule has 4 aromatic rings. The van der Waals surface area contributed by atoms with E-state index < -0.39 is 23.4 Å². The van der Waals surface area contributed by atoms with E-state index in [1.807, 2.05) is 58.9 Å². The number of fused-ring (bicyclic) bond motifs is 1. The van der Waals surface area contributed by atoms with Crippen molar-refractivity contribution in [3.8, 4) is 11.5 Å². The van der Waals surface area contributed by atoms with E-state index in [2.05, 4.69) is 20.7 Å². The van der Waals surface area contributed by atoms with Crippen LogP contribution in [0, 0.1) is 6.92 Å². The normalized spacial score (nSPS) is 11.5. The van der Waals surface area contributed by atoms with Crippen molar-refractivity contribution in [2.45, 2.75) is 59.9 Å². The fraction of sp³-hybridized carbons (Fsp3) is 0.344. The number of anilines is 1. The van der Waals surface area contributed by atoms with Crippen LogP contribution in [0.25, 0.3) is 11.0 Å². The van der Waals surface area contributed by atoms with Gasteiger partial charge in [0, 0.05) is 24.2 Å². The smallest absolute Gasteiger partial charge is 0.407 e. The van der Waals surface area contributed by atoms with Gasteiger partial charge in [-0.25, -0.2) is 9.78 Å². The second-order valence-corrected chi connectivity index (χ2v) is 11.3.